The minimum absolute atomic E-state index is 0. The highest BCUT2D eigenvalue weighted by atomic mass is 35.5. The van der Waals surface area contributed by atoms with Crippen LogP contribution in [0.25, 0.3) is 0 Å². The standard InChI is InChI=1S/C16H21N3O2.ClH/c1-11(10-19-8-2-3-15(19)20)18-16(21)13-4-5-14-12(9-13)6-7-17-14;/h4-5,9,11,17H,2-3,6-8,10H2,1H3,(H,18,21);1H. The van der Waals surface area contributed by atoms with Crippen molar-refractivity contribution in [1.82, 2.24) is 10.2 Å². The second-order valence-corrected chi connectivity index (χ2v) is 5.87. The predicted octanol–water partition coefficient (Wildman–Crippen LogP) is 1.82. The molecule has 2 aliphatic rings. The number of likely N-dealkylation sites (tertiary alicyclic amines) is 1. The lowest BCUT2D eigenvalue weighted by Gasteiger charge is -2.21. The lowest BCUT2D eigenvalue weighted by Crippen LogP contribution is -2.42. The van der Waals surface area contributed by atoms with Crippen LogP contribution in [0.1, 0.15) is 35.7 Å². The van der Waals surface area contributed by atoms with Crippen molar-refractivity contribution in [2.24, 2.45) is 0 Å². The van der Waals surface area contributed by atoms with Gasteiger partial charge in [-0.1, -0.05) is 0 Å². The number of carbonyl (C=O) groups is 2. The number of halogens is 1. The molecule has 1 aromatic carbocycles. The largest absolute Gasteiger partial charge is 0.384 e. The molecule has 1 saturated heterocycles. The maximum Gasteiger partial charge on any atom is 0.251 e. The maximum atomic E-state index is 12.3. The van der Waals surface area contributed by atoms with Crippen LogP contribution < -0.4 is 10.6 Å². The Morgan fingerprint density at radius 2 is 2.23 bits per heavy atom. The molecule has 5 nitrogen and oxygen atoms in total. The Morgan fingerprint density at radius 1 is 1.41 bits per heavy atom. The summed E-state index contributed by atoms with van der Waals surface area (Å²) >= 11 is 0. The zero-order valence-corrected chi connectivity index (χ0v) is 13.5. The number of fused-ring (bicyclic) bond motifs is 1. The first kappa shape index (κ1) is 16.6. The first-order valence-electron chi connectivity index (χ1n) is 7.59. The molecule has 1 aromatic rings. The molecular formula is C16H22ClN3O2. The average Bonchev–Trinajstić information content (AvgIpc) is 3.07. The average molecular weight is 324 g/mol. The van der Waals surface area contributed by atoms with Crippen LogP contribution in [0.15, 0.2) is 18.2 Å². The van der Waals surface area contributed by atoms with Crippen LogP contribution in [0.4, 0.5) is 5.69 Å². The summed E-state index contributed by atoms with van der Waals surface area (Å²) in [5.41, 5.74) is 3.02. The summed E-state index contributed by atoms with van der Waals surface area (Å²) in [6.07, 6.45) is 2.53. The van der Waals surface area contributed by atoms with Gasteiger partial charge in [0.2, 0.25) is 5.91 Å². The Labute approximate surface area is 136 Å². The lowest BCUT2D eigenvalue weighted by atomic mass is 10.1. The van der Waals surface area contributed by atoms with E-state index in [1.54, 1.807) is 0 Å². The van der Waals surface area contributed by atoms with Gasteiger partial charge in [-0.2, -0.15) is 0 Å². The molecule has 1 atom stereocenters. The van der Waals surface area contributed by atoms with E-state index in [0.717, 1.165) is 31.6 Å². The summed E-state index contributed by atoms with van der Waals surface area (Å²) < 4.78 is 0. The van der Waals surface area contributed by atoms with Crippen molar-refractivity contribution in [2.75, 3.05) is 25.0 Å². The van der Waals surface area contributed by atoms with Gasteiger partial charge in [-0.3, -0.25) is 9.59 Å². The monoisotopic (exact) mass is 323 g/mol. The van der Waals surface area contributed by atoms with Crippen molar-refractivity contribution in [2.45, 2.75) is 32.2 Å². The third kappa shape index (κ3) is 3.53. The van der Waals surface area contributed by atoms with Gasteiger partial charge >= 0.3 is 0 Å². The fourth-order valence-corrected chi connectivity index (χ4v) is 3.03. The minimum atomic E-state index is -0.0659. The first-order valence-corrected chi connectivity index (χ1v) is 7.59. The number of amides is 2. The number of benzene rings is 1. The van der Waals surface area contributed by atoms with Crippen LogP contribution >= 0.6 is 12.4 Å². The molecule has 0 aromatic heterocycles. The minimum Gasteiger partial charge on any atom is -0.384 e. The second kappa shape index (κ2) is 7.01. The Hall–Kier alpha value is -1.75. The molecule has 22 heavy (non-hydrogen) atoms. The predicted molar refractivity (Wildman–Crippen MR) is 88.6 cm³/mol. The van der Waals surface area contributed by atoms with Crippen molar-refractivity contribution in [3.63, 3.8) is 0 Å². The van der Waals surface area contributed by atoms with E-state index in [1.807, 2.05) is 30.0 Å². The highest BCUT2D eigenvalue weighted by Crippen LogP contribution is 2.23. The van der Waals surface area contributed by atoms with Crippen LogP contribution in [0, 0.1) is 0 Å². The van der Waals surface area contributed by atoms with Crippen LogP contribution in [0.2, 0.25) is 0 Å². The zero-order chi connectivity index (χ0) is 14.8. The molecule has 3 rings (SSSR count). The van der Waals surface area contributed by atoms with Gasteiger partial charge in [0, 0.05) is 43.3 Å². The third-order valence-corrected chi connectivity index (χ3v) is 4.12. The molecule has 2 heterocycles. The number of carbonyl (C=O) groups excluding carboxylic acids is 2. The Balaban J connectivity index is 0.00000176. The molecular weight excluding hydrogens is 302 g/mol. The number of rotatable bonds is 4. The Kier molecular flexibility index (Phi) is 5.29. The summed E-state index contributed by atoms with van der Waals surface area (Å²) in [7, 11) is 0. The lowest BCUT2D eigenvalue weighted by molar-refractivity contribution is -0.127. The van der Waals surface area contributed by atoms with Crippen molar-refractivity contribution in [1.29, 1.82) is 0 Å². The Morgan fingerprint density at radius 3 is 2.95 bits per heavy atom. The van der Waals surface area contributed by atoms with Gasteiger partial charge < -0.3 is 15.5 Å². The van der Waals surface area contributed by atoms with Gasteiger partial charge in [-0.25, -0.2) is 0 Å². The molecule has 2 N–H and O–H groups in total. The molecule has 1 unspecified atom stereocenters. The quantitative estimate of drug-likeness (QED) is 0.888. The van der Waals surface area contributed by atoms with Gasteiger partial charge in [0.05, 0.1) is 0 Å². The highest BCUT2D eigenvalue weighted by molar-refractivity contribution is 5.95. The van der Waals surface area contributed by atoms with Gasteiger partial charge in [-0.05, 0) is 43.5 Å². The van der Waals surface area contributed by atoms with E-state index >= 15 is 0 Å². The fourth-order valence-electron chi connectivity index (χ4n) is 3.03. The van der Waals surface area contributed by atoms with Gasteiger partial charge in [0.15, 0.2) is 0 Å². The van der Waals surface area contributed by atoms with Crippen LogP contribution in [-0.4, -0.2) is 42.4 Å². The fraction of sp³-hybridized carbons (Fsp3) is 0.500. The van der Waals surface area contributed by atoms with E-state index < -0.39 is 0 Å². The maximum absolute atomic E-state index is 12.3. The number of nitrogens with zero attached hydrogens (tertiary/aromatic N) is 1. The van der Waals surface area contributed by atoms with E-state index in [4.69, 9.17) is 0 Å². The van der Waals surface area contributed by atoms with E-state index in [-0.39, 0.29) is 30.3 Å². The van der Waals surface area contributed by atoms with Crippen molar-refractivity contribution >= 4 is 29.9 Å². The summed E-state index contributed by atoms with van der Waals surface area (Å²) in [5, 5.41) is 6.27. The van der Waals surface area contributed by atoms with Crippen molar-refractivity contribution in [3.05, 3.63) is 29.3 Å². The molecule has 2 aliphatic heterocycles. The van der Waals surface area contributed by atoms with E-state index in [0.29, 0.717) is 18.5 Å². The molecule has 0 bridgehead atoms. The summed E-state index contributed by atoms with van der Waals surface area (Å²) in [5.74, 6) is 0.128. The summed E-state index contributed by atoms with van der Waals surface area (Å²) in [4.78, 5) is 25.7. The van der Waals surface area contributed by atoms with E-state index in [2.05, 4.69) is 10.6 Å². The van der Waals surface area contributed by atoms with E-state index in [1.165, 1.54) is 5.56 Å². The molecule has 0 radical (unpaired) electrons. The van der Waals surface area contributed by atoms with Crippen LogP contribution in [-0.2, 0) is 11.2 Å². The number of nitrogens with one attached hydrogen (secondary N) is 2. The number of anilines is 1. The molecule has 120 valence electrons. The molecule has 2 amide bonds. The third-order valence-electron chi connectivity index (χ3n) is 4.12. The zero-order valence-electron chi connectivity index (χ0n) is 12.7. The van der Waals surface area contributed by atoms with Crippen LogP contribution in [0.3, 0.4) is 0 Å². The normalized spacial score (nSPS) is 17.5. The summed E-state index contributed by atoms with van der Waals surface area (Å²) in [6, 6.07) is 5.73. The number of hydrogen-bond acceptors (Lipinski definition) is 3. The first-order chi connectivity index (χ1) is 10.1. The molecule has 0 spiro atoms. The Bertz CT molecular complexity index is 577. The van der Waals surface area contributed by atoms with Gasteiger partial charge in [0.1, 0.15) is 0 Å². The van der Waals surface area contributed by atoms with Gasteiger partial charge in [-0.15, -0.1) is 12.4 Å². The van der Waals surface area contributed by atoms with E-state index in [9.17, 15) is 9.59 Å². The second-order valence-electron chi connectivity index (χ2n) is 5.87. The molecule has 6 heteroatoms. The highest BCUT2D eigenvalue weighted by Gasteiger charge is 2.22. The van der Waals surface area contributed by atoms with Crippen LogP contribution in [0.5, 0.6) is 0 Å². The van der Waals surface area contributed by atoms with Crippen molar-refractivity contribution in [3.8, 4) is 0 Å². The van der Waals surface area contributed by atoms with Crippen molar-refractivity contribution < 1.29 is 9.59 Å². The SMILES string of the molecule is CC(CN1CCCC1=O)NC(=O)c1ccc2c(c1)CCN2.Cl. The van der Waals surface area contributed by atoms with Gasteiger partial charge in [0.25, 0.3) is 5.91 Å². The topological polar surface area (TPSA) is 61.4 Å². The summed E-state index contributed by atoms with van der Waals surface area (Å²) in [6.45, 7) is 4.28. The molecule has 0 aliphatic carbocycles. The molecule has 0 saturated carbocycles. The molecule has 1 fully saturated rings. The smallest absolute Gasteiger partial charge is 0.251 e. The number of hydrogen-bond donors (Lipinski definition) is 2.